The van der Waals surface area contributed by atoms with E-state index in [1.165, 1.54) is 0 Å². The lowest BCUT2D eigenvalue weighted by Gasteiger charge is -2.21. The number of amides is 1. The zero-order valence-corrected chi connectivity index (χ0v) is 11.2. The maximum Gasteiger partial charge on any atom is 0.232 e. The van der Waals surface area contributed by atoms with Gasteiger partial charge in [0, 0.05) is 32.4 Å². The number of thiocarbonyl (C=S) groups is 1. The second-order valence-electron chi connectivity index (χ2n) is 4.08. The molecule has 0 radical (unpaired) electrons. The van der Waals surface area contributed by atoms with Gasteiger partial charge in [-0.3, -0.25) is 9.48 Å². The number of hydrogen-bond donors (Lipinski definition) is 1. The highest BCUT2D eigenvalue weighted by molar-refractivity contribution is 7.80. The van der Waals surface area contributed by atoms with E-state index in [0.717, 1.165) is 5.56 Å². The van der Waals surface area contributed by atoms with Gasteiger partial charge in [-0.05, 0) is 6.42 Å². The summed E-state index contributed by atoms with van der Waals surface area (Å²) in [4.78, 5) is 13.9. The van der Waals surface area contributed by atoms with Gasteiger partial charge in [0.25, 0.3) is 0 Å². The van der Waals surface area contributed by atoms with Gasteiger partial charge >= 0.3 is 0 Å². The molecule has 0 aliphatic heterocycles. The van der Waals surface area contributed by atoms with Crippen LogP contribution in [0.3, 0.4) is 0 Å². The van der Waals surface area contributed by atoms with E-state index in [1.54, 1.807) is 22.8 Å². The van der Waals surface area contributed by atoms with Crippen LogP contribution in [0.25, 0.3) is 0 Å². The molecule has 1 heterocycles. The van der Waals surface area contributed by atoms with E-state index in [4.69, 9.17) is 18.0 Å². The molecule has 0 saturated heterocycles. The van der Waals surface area contributed by atoms with E-state index in [1.807, 2.05) is 20.2 Å². The number of nitrogens with zero attached hydrogens (tertiary/aromatic N) is 3. The molecule has 1 aromatic rings. The van der Waals surface area contributed by atoms with Gasteiger partial charge in [0.2, 0.25) is 5.91 Å². The van der Waals surface area contributed by atoms with Crippen molar-refractivity contribution < 1.29 is 4.79 Å². The second kappa shape index (κ2) is 5.77. The predicted molar refractivity (Wildman–Crippen MR) is 70.2 cm³/mol. The maximum atomic E-state index is 12.1. The third kappa shape index (κ3) is 3.52. The van der Waals surface area contributed by atoms with Crippen molar-refractivity contribution in [3.63, 3.8) is 0 Å². The molecular weight excluding hydrogens is 236 g/mol. The molecule has 1 unspecified atom stereocenters. The number of carbonyl (C=O) groups excluding carboxylic acids is 1. The van der Waals surface area contributed by atoms with Crippen LogP contribution in [0.15, 0.2) is 12.4 Å². The van der Waals surface area contributed by atoms with Crippen molar-refractivity contribution in [1.29, 1.82) is 0 Å². The molecule has 5 nitrogen and oxygen atoms in total. The Kier molecular flexibility index (Phi) is 4.62. The summed E-state index contributed by atoms with van der Waals surface area (Å²) in [5.74, 6) is -0.407. The minimum absolute atomic E-state index is 0.0381. The molecule has 0 aliphatic rings. The number of rotatable bonds is 5. The zero-order chi connectivity index (χ0) is 13.0. The molecule has 0 saturated carbocycles. The fraction of sp³-hybridized carbons (Fsp3) is 0.545. The molecule has 2 N–H and O–H groups in total. The van der Waals surface area contributed by atoms with Gasteiger partial charge < -0.3 is 10.6 Å². The first-order chi connectivity index (χ1) is 7.95. The van der Waals surface area contributed by atoms with Crippen LogP contribution in [0.1, 0.15) is 18.9 Å². The summed E-state index contributed by atoms with van der Waals surface area (Å²) in [6.45, 7) is 2.42. The van der Waals surface area contributed by atoms with Crippen LogP contribution in [0.4, 0.5) is 0 Å². The highest BCUT2D eigenvalue weighted by Crippen LogP contribution is 2.10. The van der Waals surface area contributed by atoms with E-state index in [9.17, 15) is 4.79 Å². The van der Waals surface area contributed by atoms with Gasteiger partial charge in [0.15, 0.2) is 0 Å². The Morgan fingerprint density at radius 2 is 2.35 bits per heavy atom. The number of hydrogen-bond acceptors (Lipinski definition) is 3. The topological polar surface area (TPSA) is 64.2 Å². The van der Waals surface area contributed by atoms with Crippen LogP contribution in [0.2, 0.25) is 0 Å². The summed E-state index contributed by atoms with van der Waals surface area (Å²) >= 11 is 4.89. The predicted octanol–water partition coefficient (Wildman–Crippen LogP) is 0.691. The molecule has 0 bridgehead atoms. The Balaban J connectivity index is 2.66. The Labute approximate surface area is 107 Å². The van der Waals surface area contributed by atoms with Gasteiger partial charge in [-0.2, -0.15) is 5.10 Å². The first-order valence-corrected chi connectivity index (χ1v) is 5.88. The van der Waals surface area contributed by atoms with E-state index in [2.05, 4.69) is 5.10 Å². The Bertz CT molecular complexity index is 415. The molecule has 0 spiro atoms. The molecule has 0 aromatic carbocycles. The van der Waals surface area contributed by atoms with Crippen LogP contribution in [-0.4, -0.2) is 32.6 Å². The van der Waals surface area contributed by atoms with Crippen molar-refractivity contribution in [2.45, 2.75) is 19.9 Å². The average molecular weight is 254 g/mol. The monoisotopic (exact) mass is 254 g/mol. The molecule has 94 valence electrons. The van der Waals surface area contributed by atoms with Crippen molar-refractivity contribution in [2.75, 3.05) is 7.05 Å². The van der Waals surface area contributed by atoms with Crippen molar-refractivity contribution in [3.05, 3.63) is 18.0 Å². The fourth-order valence-electron chi connectivity index (χ4n) is 1.67. The quantitative estimate of drug-likeness (QED) is 0.785. The Morgan fingerprint density at radius 1 is 1.71 bits per heavy atom. The summed E-state index contributed by atoms with van der Waals surface area (Å²) in [5, 5.41) is 4.06. The van der Waals surface area contributed by atoms with Crippen LogP contribution in [0.5, 0.6) is 0 Å². The summed E-state index contributed by atoms with van der Waals surface area (Å²) in [5.41, 5.74) is 6.54. The molecular formula is C11H18N4OS. The van der Waals surface area contributed by atoms with Crippen LogP contribution in [0, 0.1) is 5.92 Å². The molecule has 6 heteroatoms. The minimum Gasteiger partial charge on any atom is -0.393 e. The van der Waals surface area contributed by atoms with Gasteiger partial charge in [0.05, 0.1) is 17.1 Å². The van der Waals surface area contributed by atoms with Crippen molar-refractivity contribution in [3.8, 4) is 0 Å². The number of carbonyl (C=O) groups is 1. The molecule has 1 rings (SSSR count). The molecule has 1 aromatic heterocycles. The molecule has 0 aliphatic carbocycles. The summed E-state index contributed by atoms with van der Waals surface area (Å²) in [6.07, 6.45) is 4.25. The highest BCUT2D eigenvalue weighted by Gasteiger charge is 2.22. The standard InChI is InChI=1S/C11H18N4OS/c1-4-9(10(12)17)11(16)14(2)6-8-5-13-15(3)7-8/h5,7,9H,4,6H2,1-3H3,(H2,12,17). The van der Waals surface area contributed by atoms with Crippen LogP contribution < -0.4 is 5.73 Å². The number of aryl methyl sites for hydroxylation is 1. The van der Waals surface area contributed by atoms with Gasteiger partial charge in [-0.1, -0.05) is 19.1 Å². The van der Waals surface area contributed by atoms with Gasteiger partial charge in [-0.15, -0.1) is 0 Å². The van der Waals surface area contributed by atoms with E-state index < -0.39 is 0 Å². The van der Waals surface area contributed by atoms with Gasteiger partial charge in [0.1, 0.15) is 0 Å². The van der Waals surface area contributed by atoms with E-state index in [-0.39, 0.29) is 16.8 Å². The Hall–Kier alpha value is -1.43. The minimum atomic E-state index is -0.369. The Morgan fingerprint density at radius 3 is 2.76 bits per heavy atom. The third-order valence-corrected chi connectivity index (χ3v) is 2.89. The molecule has 1 atom stereocenters. The number of aromatic nitrogens is 2. The van der Waals surface area contributed by atoms with Crippen molar-refractivity contribution in [1.82, 2.24) is 14.7 Å². The molecule has 1 amide bonds. The summed E-state index contributed by atoms with van der Waals surface area (Å²) < 4.78 is 1.71. The highest BCUT2D eigenvalue weighted by atomic mass is 32.1. The third-order valence-electron chi connectivity index (χ3n) is 2.60. The SMILES string of the molecule is CCC(C(=O)N(C)Cc1cnn(C)c1)C(N)=S. The first-order valence-electron chi connectivity index (χ1n) is 5.47. The lowest BCUT2D eigenvalue weighted by Crippen LogP contribution is -2.38. The van der Waals surface area contributed by atoms with E-state index >= 15 is 0 Å². The van der Waals surface area contributed by atoms with Crippen LogP contribution >= 0.6 is 12.2 Å². The first kappa shape index (κ1) is 13.6. The normalized spacial score (nSPS) is 12.2. The summed E-state index contributed by atoms with van der Waals surface area (Å²) in [6, 6.07) is 0. The lowest BCUT2D eigenvalue weighted by molar-refractivity contribution is -0.132. The molecule has 0 fully saturated rings. The van der Waals surface area contributed by atoms with Crippen molar-refractivity contribution >= 4 is 23.1 Å². The van der Waals surface area contributed by atoms with E-state index in [0.29, 0.717) is 13.0 Å². The van der Waals surface area contributed by atoms with Crippen molar-refractivity contribution in [2.24, 2.45) is 18.7 Å². The summed E-state index contributed by atoms with van der Waals surface area (Å²) in [7, 11) is 3.59. The average Bonchev–Trinajstić information content (AvgIpc) is 2.64. The largest absolute Gasteiger partial charge is 0.393 e. The molecule has 17 heavy (non-hydrogen) atoms. The lowest BCUT2D eigenvalue weighted by atomic mass is 10.1. The number of nitrogens with two attached hydrogens (primary N) is 1. The zero-order valence-electron chi connectivity index (χ0n) is 10.4. The second-order valence-corrected chi connectivity index (χ2v) is 4.55. The fourth-order valence-corrected chi connectivity index (χ4v) is 1.94. The van der Waals surface area contributed by atoms with Crippen LogP contribution in [-0.2, 0) is 18.4 Å². The smallest absolute Gasteiger partial charge is 0.232 e. The maximum absolute atomic E-state index is 12.1. The van der Waals surface area contributed by atoms with Gasteiger partial charge in [-0.25, -0.2) is 0 Å².